The number of amides is 1. The molecule has 0 unspecified atom stereocenters. The summed E-state index contributed by atoms with van der Waals surface area (Å²) in [5.74, 6) is 0.537. The van der Waals surface area contributed by atoms with Gasteiger partial charge in [-0.2, -0.15) is 18.3 Å². The minimum Gasteiger partial charge on any atom is -0.444 e. The number of likely N-dealkylation sites (tertiary alicyclic amines) is 1. The molecule has 1 aliphatic heterocycles. The first-order chi connectivity index (χ1) is 14.9. The Bertz CT molecular complexity index is 934. The Labute approximate surface area is 189 Å². The van der Waals surface area contributed by atoms with Crippen LogP contribution in [0.1, 0.15) is 44.7 Å². The third kappa shape index (κ3) is 6.83. The first-order valence-electron chi connectivity index (χ1n) is 10.4. The molecule has 11 heteroatoms. The molecule has 0 radical (unpaired) electrons. The summed E-state index contributed by atoms with van der Waals surface area (Å²) in [7, 11) is 0. The lowest BCUT2D eigenvalue weighted by Gasteiger charge is -2.31. The maximum atomic E-state index is 12.8. The Balaban J connectivity index is 1.49. The fourth-order valence-electron chi connectivity index (χ4n) is 3.46. The van der Waals surface area contributed by atoms with Gasteiger partial charge in [-0.15, -0.1) is 0 Å². The van der Waals surface area contributed by atoms with Crippen molar-refractivity contribution in [2.75, 3.05) is 19.6 Å². The molecule has 1 fully saturated rings. The standard InChI is InChI=1S/C21H27ClF3N5O2/c1-20(2,3)32-19(31)27-9-14-4-6-29(7-5-14)12-15-10-28-30(13-15)18-17(22)8-16(11-26-18)21(23,24)25/h8,10-11,13-14H,4-7,9,12H2,1-3H3,(H,27,31). The zero-order valence-corrected chi connectivity index (χ0v) is 19.0. The number of nitrogens with one attached hydrogen (secondary N) is 1. The maximum absolute atomic E-state index is 12.8. The zero-order valence-electron chi connectivity index (χ0n) is 18.2. The van der Waals surface area contributed by atoms with Gasteiger partial charge in [-0.05, 0) is 58.7 Å². The van der Waals surface area contributed by atoms with Crippen molar-refractivity contribution in [2.24, 2.45) is 5.92 Å². The molecule has 3 rings (SSSR count). The second-order valence-corrected chi connectivity index (χ2v) is 9.33. The molecule has 7 nitrogen and oxygen atoms in total. The van der Waals surface area contributed by atoms with Gasteiger partial charge in [0.25, 0.3) is 0 Å². The Morgan fingerprint density at radius 2 is 1.94 bits per heavy atom. The minimum atomic E-state index is -4.50. The molecule has 32 heavy (non-hydrogen) atoms. The molecule has 3 heterocycles. The van der Waals surface area contributed by atoms with Crippen LogP contribution in [0.4, 0.5) is 18.0 Å². The molecular weight excluding hydrogens is 447 g/mol. The SMILES string of the molecule is CC(C)(C)OC(=O)NCC1CCN(Cc2cnn(-c3ncc(C(F)(F)F)cc3Cl)c2)CC1. The second kappa shape index (κ2) is 9.66. The molecule has 0 bridgehead atoms. The highest BCUT2D eigenvalue weighted by Crippen LogP contribution is 2.32. The van der Waals surface area contributed by atoms with Gasteiger partial charge < -0.3 is 10.1 Å². The smallest absolute Gasteiger partial charge is 0.417 e. The number of alkyl halides is 3. The monoisotopic (exact) mass is 473 g/mol. The number of pyridine rings is 1. The summed E-state index contributed by atoms with van der Waals surface area (Å²) in [4.78, 5) is 17.9. The van der Waals surface area contributed by atoms with Gasteiger partial charge in [-0.3, -0.25) is 4.90 Å². The van der Waals surface area contributed by atoms with Crippen molar-refractivity contribution in [3.63, 3.8) is 0 Å². The summed E-state index contributed by atoms with van der Waals surface area (Å²) in [6.07, 6.45) is 1.11. The molecule has 1 N–H and O–H groups in total. The van der Waals surface area contributed by atoms with E-state index >= 15 is 0 Å². The van der Waals surface area contributed by atoms with Crippen molar-refractivity contribution in [1.29, 1.82) is 0 Å². The number of hydrogen-bond acceptors (Lipinski definition) is 5. The third-order valence-corrected chi connectivity index (χ3v) is 5.33. The molecule has 2 aromatic heterocycles. The molecule has 176 valence electrons. The second-order valence-electron chi connectivity index (χ2n) is 8.92. The topological polar surface area (TPSA) is 72.3 Å². The van der Waals surface area contributed by atoms with E-state index in [2.05, 4.69) is 20.3 Å². The van der Waals surface area contributed by atoms with Crippen molar-refractivity contribution in [2.45, 2.75) is 51.9 Å². The summed E-state index contributed by atoms with van der Waals surface area (Å²) in [6, 6.07) is 0.849. The van der Waals surface area contributed by atoms with E-state index in [1.54, 1.807) is 12.4 Å². The average Bonchev–Trinajstić information content (AvgIpc) is 3.13. The van der Waals surface area contributed by atoms with Crippen LogP contribution in [0.2, 0.25) is 5.02 Å². The first kappa shape index (κ1) is 24.3. The summed E-state index contributed by atoms with van der Waals surface area (Å²) in [5, 5.41) is 6.91. The number of piperidine rings is 1. The van der Waals surface area contributed by atoms with E-state index in [4.69, 9.17) is 16.3 Å². The molecule has 0 atom stereocenters. The van der Waals surface area contributed by atoms with E-state index in [0.29, 0.717) is 19.0 Å². The van der Waals surface area contributed by atoms with E-state index in [9.17, 15) is 18.0 Å². The van der Waals surface area contributed by atoms with Gasteiger partial charge in [0, 0.05) is 31.0 Å². The largest absolute Gasteiger partial charge is 0.444 e. The molecule has 1 amide bonds. The number of alkyl carbamates (subject to hydrolysis) is 1. The van der Waals surface area contributed by atoms with Gasteiger partial charge in [0.15, 0.2) is 5.82 Å². The van der Waals surface area contributed by atoms with Crippen LogP contribution >= 0.6 is 11.6 Å². The van der Waals surface area contributed by atoms with E-state index in [1.165, 1.54) is 4.68 Å². The number of rotatable bonds is 5. The van der Waals surface area contributed by atoms with Crippen LogP contribution in [-0.2, 0) is 17.5 Å². The van der Waals surface area contributed by atoms with Gasteiger partial charge in [-0.1, -0.05) is 11.6 Å². The quantitative estimate of drug-likeness (QED) is 0.683. The van der Waals surface area contributed by atoms with Gasteiger partial charge in [-0.25, -0.2) is 14.5 Å². The highest BCUT2D eigenvalue weighted by atomic mass is 35.5. The molecule has 1 aliphatic rings. The van der Waals surface area contributed by atoms with Crippen LogP contribution in [0.5, 0.6) is 0 Å². The molecule has 0 saturated carbocycles. The van der Waals surface area contributed by atoms with Crippen LogP contribution in [0, 0.1) is 5.92 Å². The molecular formula is C21H27ClF3N5O2. The summed E-state index contributed by atoms with van der Waals surface area (Å²) in [6.45, 7) is 8.46. The highest BCUT2D eigenvalue weighted by Gasteiger charge is 2.32. The van der Waals surface area contributed by atoms with Crippen LogP contribution in [0.25, 0.3) is 5.82 Å². The van der Waals surface area contributed by atoms with Crippen molar-refractivity contribution in [3.05, 3.63) is 40.8 Å². The van der Waals surface area contributed by atoms with Crippen LogP contribution in [0.3, 0.4) is 0 Å². The number of aromatic nitrogens is 3. The minimum absolute atomic E-state index is 0.118. The Kier molecular flexibility index (Phi) is 7.34. The highest BCUT2D eigenvalue weighted by molar-refractivity contribution is 6.32. The number of carbonyl (C=O) groups is 1. The number of carbonyl (C=O) groups excluding carboxylic acids is 1. The van der Waals surface area contributed by atoms with E-state index in [0.717, 1.165) is 43.8 Å². The Morgan fingerprint density at radius 1 is 1.25 bits per heavy atom. The van der Waals surface area contributed by atoms with Crippen LogP contribution in [-0.4, -0.2) is 51.0 Å². The van der Waals surface area contributed by atoms with Crippen molar-refractivity contribution in [3.8, 4) is 5.82 Å². The molecule has 0 aromatic carbocycles. The predicted molar refractivity (Wildman–Crippen MR) is 114 cm³/mol. The van der Waals surface area contributed by atoms with Crippen LogP contribution in [0.15, 0.2) is 24.7 Å². The van der Waals surface area contributed by atoms with Crippen molar-refractivity contribution >= 4 is 17.7 Å². The van der Waals surface area contributed by atoms with Crippen LogP contribution < -0.4 is 5.32 Å². The normalized spacial score (nSPS) is 16.2. The molecule has 1 saturated heterocycles. The Morgan fingerprint density at radius 3 is 2.53 bits per heavy atom. The first-order valence-corrected chi connectivity index (χ1v) is 10.7. The third-order valence-electron chi connectivity index (χ3n) is 5.05. The summed E-state index contributed by atoms with van der Waals surface area (Å²) in [5.41, 5.74) is -0.506. The van der Waals surface area contributed by atoms with E-state index in [1.807, 2.05) is 20.8 Å². The van der Waals surface area contributed by atoms with Crippen molar-refractivity contribution < 1.29 is 22.7 Å². The lowest BCUT2D eigenvalue weighted by atomic mass is 9.96. The van der Waals surface area contributed by atoms with Crippen molar-refractivity contribution in [1.82, 2.24) is 25.0 Å². The van der Waals surface area contributed by atoms with Gasteiger partial charge in [0.2, 0.25) is 0 Å². The van der Waals surface area contributed by atoms with E-state index < -0.39 is 23.4 Å². The lowest BCUT2D eigenvalue weighted by molar-refractivity contribution is -0.137. The fraction of sp³-hybridized carbons (Fsp3) is 0.571. The van der Waals surface area contributed by atoms with Gasteiger partial charge >= 0.3 is 12.3 Å². The molecule has 0 spiro atoms. The average molecular weight is 474 g/mol. The predicted octanol–water partition coefficient (Wildman–Crippen LogP) is 4.68. The number of nitrogens with zero attached hydrogens (tertiary/aromatic N) is 4. The molecule has 0 aliphatic carbocycles. The zero-order chi connectivity index (χ0) is 23.5. The summed E-state index contributed by atoms with van der Waals surface area (Å²) < 4.78 is 45.0. The number of ether oxygens (including phenoxy) is 1. The molecule has 2 aromatic rings. The summed E-state index contributed by atoms with van der Waals surface area (Å²) >= 11 is 6.00. The van der Waals surface area contributed by atoms with Gasteiger partial charge in [0.05, 0.1) is 16.8 Å². The maximum Gasteiger partial charge on any atom is 0.417 e. The fourth-order valence-corrected chi connectivity index (χ4v) is 3.71. The number of hydrogen-bond donors (Lipinski definition) is 1. The van der Waals surface area contributed by atoms with Gasteiger partial charge in [0.1, 0.15) is 5.60 Å². The Hall–Kier alpha value is -2.33. The van der Waals surface area contributed by atoms with E-state index in [-0.39, 0.29) is 10.8 Å². The number of halogens is 4. The lowest BCUT2D eigenvalue weighted by Crippen LogP contribution is -2.40.